The third-order valence-electron chi connectivity index (χ3n) is 4.94. The molecule has 0 amide bonds. The molecule has 0 radical (unpaired) electrons. The maximum absolute atomic E-state index is 12.1. The Morgan fingerprint density at radius 1 is 1.20 bits per heavy atom. The Labute approximate surface area is 166 Å². The number of rotatable bonds is 5. The summed E-state index contributed by atoms with van der Waals surface area (Å²) in [5.74, 6) is 0.895. The molecule has 6 heteroatoms. The van der Waals surface area contributed by atoms with E-state index in [0.29, 0.717) is 6.61 Å². The lowest BCUT2D eigenvalue weighted by molar-refractivity contribution is -0.148. The third-order valence-corrected chi connectivity index (χ3v) is 6.50. The highest BCUT2D eigenvalue weighted by atomic mass is 35.5. The van der Waals surface area contributed by atoms with Gasteiger partial charge in [-0.25, -0.2) is 0 Å². The monoisotopic (exact) mass is 403 g/mol. The van der Waals surface area contributed by atoms with E-state index in [1.54, 1.807) is 11.8 Å². The van der Waals surface area contributed by atoms with Gasteiger partial charge < -0.3 is 10.1 Å². The van der Waals surface area contributed by atoms with E-state index >= 15 is 0 Å². The van der Waals surface area contributed by atoms with Crippen LogP contribution in [-0.2, 0) is 22.4 Å². The van der Waals surface area contributed by atoms with Gasteiger partial charge in [-0.2, -0.15) is 0 Å². The van der Waals surface area contributed by atoms with Gasteiger partial charge >= 0.3 is 5.97 Å². The molecule has 1 aliphatic heterocycles. The third kappa shape index (κ3) is 5.78. The zero-order valence-electron chi connectivity index (χ0n) is 14.5. The van der Waals surface area contributed by atoms with Crippen LogP contribution in [0.3, 0.4) is 0 Å². The Hall–Kier alpha value is -0.420. The van der Waals surface area contributed by atoms with E-state index in [2.05, 4.69) is 11.4 Å². The average Bonchev–Trinajstić information content (AvgIpc) is 2.86. The molecule has 0 bridgehead atoms. The van der Waals surface area contributed by atoms with Gasteiger partial charge in [-0.3, -0.25) is 4.79 Å². The summed E-state index contributed by atoms with van der Waals surface area (Å²) in [6.45, 7) is 2.49. The number of fused-ring (bicyclic) bond motifs is 1. The van der Waals surface area contributed by atoms with Crippen molar-refractivity contribution in [1.82, 2.24) is 5.32 Å². The first-order valence-electron chi connectivity index (χ1n) is 9.06. The normalized spacial score (nSPS) is 18.0. The summed E-state index contributed by atoms with van der Waals surface area (Å²) in [4.78, 5) is 13.3. The predicted molar refractivity (Wildman–Crippen MR) is 107 cm³/mol. The predicted octanol–water partition coefficient (Wildman–Crippen LogP) is 4.67. The number of esters is 1. The number of carbonyl (C=O) groups is 1. The second kappa shape index (κ2) is 10.7. The number of carbonyl (C=O) groups excluding carboxylic acids is 1. The standard InChI is InChI=1S/C19H26ClNO2S.ClH/c20-17-7-6-14-8-10-21-11-9-16(14)18(17)24-13-12-23-19(22)15-4-2-1-3-5-15;/h6-7,15,21H,1-5,8-13H2;1H. The van der Waals surface area contributed by atoms with Crippen LogP contribution in [0, 0.1) is 5.92 Å². The molecule has 1 aliphatic carbocycles. The molecule has 1 saturated carbocycles. The first-order chi connectivity index (χ1) is 11.8. The summed E-state index contributed by atoms with van der Waals surface area (Å²) >= 11 is 8.15. The Morgan fingerprint density at radius 3 is 2.76 bits per heavy atom. The number of nitrogens with one attached hydrogen (secondary N) is 1. The molecule has 0 aromatic heterocycles. The van der Waals surface area contributed by atoms with Gasteiger partial charge in [0.25, 0.3) is 0 Å². The van der Waals surface area contributed by atoms with Crippen molar-refractivity contribution >= 4 is 41.7 Å². The van der Waals surface area contributed by atoms with E-state index in [1.165, 1.54) is 22.4 Å². The molecule has 0 unspecified atom stereocenters. The minimum absolute atomic E-state index is 0. The molecular formula is C19H27Cl2NO2S. The Kier molecular flexibility index (Phi) is 8.91. The van der Waals surface area contributed by atoms with Crippen molar-refractivity contribution in [3.8, 4) is 0 Å². The van der Waals surface area contributed by atoms with Crippen LogP contribution in [0.15, 0.2) is 17.0 Å². The van der Waals surface area contributed by atoms with Gasteiger partial charge in [-0.15, -0.1) is 24.2 Å². The van der Waals surface area contributed by atoms with Crippen molar-refractivity contribution in [1.29, 1.82) is 0 Å². The molecular weight excluding hydrogens is 377 g/mol. The number of benzene rings is 1. The summed E-state index contributed by atoms with van der Waals surface area (Å²) in [5, 5.41) is 4.26. The van der Waals surface area contributed by atoms with Crippen LogP contribution in [0.1, 0.15) is 43.2 Å². The molecule has 3 rings (SSSR count). The quantitative estimate of drug-likeness (QED) is 0.440. The highest BCUT2D eigenvalue weighted by Crippen LogP contribution is 2.34. The fourth-order valence-electron chi connectivity index (χ4n) is 3.61. The van der Waals surface area contributed by atoms with Gasteiger partial charge in [0.15, 0.2) is 0 Å². The van der Waals surface area contributed by atoms with Crippen molar-refractivity contribution in [2.75, 3.05) is 25.4 Å². The van der Waals surface area contributed by atoms with Crippen LogP contribution < -0.4 is 5.32 Å². The second-order valence-electron chi connectivity index (χ2n) is 6.62. The lowest BCUT2D eigenvalue weighted by atomic mass is 9.89. The fourth-order valence-corrected chi connectivity index (χ4v) is 4.93. The number of hydrogen-bond donors (Lipinski definition) is 1. The molecule has 0 spiro atoms. The molecule has 1 heterocycles. The van der Waals surface area contributed by atoms with Gasteiger partial charge in [0.1, 0.15) is 6.61 Å². The lowest BCUT2D eigenvalue weighted by Crippen LogP contribution is -2.21. The maximum Gasteiger partial charge on any atom is 0.308 e. The van der Waals surface area contributed by atoms with Crippen LogP contribution in [0.4, 0.5) is 0 Å². The van der Waals surface area contributed by atoms with Crippen LogP contribution in [0.25, 0.3) is 0 Å². The van der Waals surface area contributed by atoms with E-state index in [9.17, 15) is 4.79 Å². The smallest absolute Gasteiger partial charge is 0.308 e. The second-order valence-corrected chi connectivity index (χ2v) is 8.13. The van der Waals surface area contributed by atoms with Crippen LogP contribution in [-0.4, -0.2) is 31.4 Å². The Bertz CT molecular complexity index is 577. The van der Waals surface area contributed by atoms with Crippen LogP contribution >= 0.6 is 35.8 Å². The summed E-state index contributed by atoms with van der Waals surface area (Å²) in [5.41, 5.74) is 2.77. The van der Waals surface area contributed by atoms with E-state index < -0.39 is 0 Å². The van der Waals surface area contributed by atoms with Crippen molar-refractivity contribution < 1.29 is 9.53 Å². The van der Waals surface area contributed by atoms with Crippen molar-refractivity contribution in [3.05, 3.63) is 28.3 Å². The van der Waals surface area contributed by atoms with Crippen molar-refractivity contribution in [2.45, 2.75) is 49.8 Å². The molecule has 140 valence electrons. The molecule has 25 heavy (non-hydrogen) atoms. The number of thioether (sulfide) groups is 1. The molecule has 3 nitrogen and oxygen atoms in total. The zero-order chi connectivity index (χ0) is 16.8. The molecule has 1 aromatic carbocycles. The molecule has 1 fully saturated rings. The topological polar surface area (TPSA) is 38.3 Å². The first-order valence-corrected chi connectivity index (χ1v) is 10.4. The molecule has 0 atom stereocenters. The Balaban J connectivity index is 0.00000225. The van der Waals surface area contributed by atoms with E-state index in [-0.39, 0.29) is 24.3 Å². The van der Waals surface area contributed by atoms with Gasteiger partial charge in [0.05, 0.1) is 10.9 Å². The Morgan fingerprint density at radius 2 is 1.96 bits per heavy atom. The number of hydrogen-bond acceptors (Lipinski definition) is 4. The maximum atomic E-state index is 12.1. The minimum Gasteiger partial charge on any atom is -0.465 e. The van der Waals surface area contributed by atoms with E-state index in [1.807, 2.05) is 6.07 Å². The number of halogens is 2. The zero-order valence-corrected chi connectivity index (χ0v) is 16.9. The van der Waals surface area contributed by atoms with Crippen LogP contribution in [0.2, 0.25) is 5.02 Å². The highest BCUT2D eigenvalue weighted by Gasteiger charge is 2.22. The van der Waals surface area contributed by atoms with E-state index in [0.717, 1.165) is 62.4 Å². The lowest BCUT2D eigenvalue weighted by Gasteiger charge is -2.20. The van der Waals surface area contributed by atoms with Gasteiger partial charge in [0, 0.05) is 10.6 Å². The highest BCUT2D eigenvalue weighted by molar-refractivity contribution is 7.99. The van der Waals surface area contributed by atoms with Crippen LogP contribution in [0.5, 0.6) is 0 Å². The molecule has 2 aliphatic rings. The largest absolute Gasteiger partial charge is 0.465 e. The average molecular weight is 404 g/mol. The molecule has 1 aromatic rings. The SMILES string of the molecule is Cl.O=C(OCCSc1c(Cl)ccc2c1CCNCC2)C1CCCCC1. The molecule has 1 N–H and O–H groups in total. The summed E-state index contributed by atoms with van der Waals surface area (Å²) in [6, 6.07) is 4.15. The number of ether oxygens (including phenoxy) is 1. The molecule has 0 saturated heterocycles. The minimum atomic E-state index is -0.00233. The van der Waals surface area contributed by atoms with Gasteiger partial charge in [-0.1, -0.05) is 36.9 Å². The fraction of sp³-hybridized carbons (Fsp3) is 0.632. The first kappa shape index (κ1) is 20.9. The van der Waals surface area contributed by atoms with E-state index in [4.69, 9.17) is 16.3 Å². The summed E-state index contributed by atoms with van der Waals surface area (Å²) in [6.07, 6.45) is 7.64. The van der Waals surface area contributed by atoms with Gasteiger partial charge in [-0.05, 0) is 56.0 Å². The summed E-state index contributed by atoms with van der Waals surface area (Å²) < 4.78 is 5.50. The summed E-state index contributed by atoms with van der Waals surface area (Å²) in [7, 11) is 0. The van der Waals surface area contributed by atoms with Crippen molar-refractivity contribution in [2.24, 2.45) is 5.92 Å². The van der Waals surface area contributed by atoms with Gasteiger partial charge in [0.2, 0.25) is 0 Å². The van der Waals surface area contributed by atoms with Crippen molar-refractivity contribution in [3.63, 3.8) is 0 Å².